The largest absolute Gasteiger partial charge is 0.310 e. The Kier molecular flexibility index (Phi) is 9.50. The zero-order valence-electron chi connectivity index (χ0n) is 40.3. The van der Waals surface area contributed by atoms with Gasteiger partial charge in [-0.05, 0) is 133 Å². The van der Waals surface area contributed by atoms with Crippen molar-refractivity contribution < 1.29 is 0 Å². The fraction of sp³-hybridized carbons (Fsp3) is 0.0571. The molecule has 0 fully saturated rings. The molecule has 0 aliphatic heterocycles. The quantitative estimate of drug-likeness (QED) is 0.147. The van der Waals surface area contributed by atoms with Crippen molar-refractivity contribution in [2.45, 2.75) is 24.7 Å². The topological polar surface area (TPSA) is 8.17 Å². The SMILES string of the molecule is CC1(C)c2ccccc2-c2ccc(N(c3ccc(-c4cccc(-c5ccccc5)c4)cc3)c3ccc4c(c3)C(c3ccccc3)(c3ccccc3)c3cccc(-n5c6ccccc6c6ccccc65)c3-4)cc21. The first-order valence-corrected chi connectivity index (χ1v) is 25.2. The molecule has 72 heavy (non-hydrogen) atoms. The second kappa shape index (κ2) is 16.3. The Bertz CT molecular complexity index is 3960. The van der Waals surface area contributed by atoms with Crippen LogP contribution in [0.4, 0.5) is 17.1 Å². The minimum Gasteiger partial charge on any atom is -0.310 e. The van der Waals surface area contributed by atoms with Crippen LogP contribution in [0.5, 0.6) is 0 Å². The van der Waals surface area contributed by atoms with Gasteiger partial charge in [-0.1, -0.05) is 220 Å². The van der Waals surface area contributed by atoms with E-state index in [0.717, 1.165) is 17.1 Å². The maximum absolute atomic E-state index is 2.51. The highest BCUT2D eigenvalue weighted by Crippen LogP contribution is 2.59. The van der Waals surface area contributed by atoms with Crippen molar-refractivity contribution in [2.75, 3.05) is 4.90 Å². The van der Waals surface area contributed by atoms with Crippen molar-refractivity contribution in [3.8, 4) is 50.2 Å². The monoisotopic (exact) mass is 918 g/mol. The molecule has 1 heterocycles. The molecule has 2 heteroatoms. The number of fused-ring (bicyclic) bond motifs is 9. The zero-order chi connectivity index (χ0) is 48.0. The molecule has 11 aromatic carbocycles. The first-order chi connectivity index (χ1) is 35.5. The van der Waals surface area contributed by atoms with Crippen molar-refractivity contribution in [3.63, 3.8) is 0 Å². The van der Waals surface area contributed by atoms with Gasteiger partial charge in [0, 0.05) is 38.8 Å². The molecule has 0 saturated heterocycles. The van der Waals surface area contributed by atoms with Crippen LogP contribution in [0.25, 0.3) is 72.0 Å². The lowest BCUT2D eigenvalue weighted by molar-refractivity contribution is 0.660. The Balaban J connectivity index is 1.01. The Morgan fingerprint density at radius 2 is 0.792 bits per heavy atom. The number of aromatic nitrogens is 1. The average Bonchev–Trinajstić information content (AvgIpc) is 4.03. The van der Waals surface area contributed by atoms with Crippen LogP contribution >= 0.6 is 0 Å². The van der Waals surface area contributed by atoms with Crippen molar-refractivity contribution in [2.24, 2.45) is 0 Å². The summed E-state index contributed by atoms with van der Waals surface area (Å²) in [6.07, 6.45) is 0. The van der Waals surface area contributed by atoms with Gasteiger partial charge in [0.2, 0.25) is 0 Å². The van der Waals surface area contributed by atoms with Crippen LogP contribution in [-0.4, -0.2) is 4.57 Å². The summed E-state index contributed by atoms with van der Waals surface area (Å²) < 4.78 is 2.50. The molecule has 14 rings (SSSR count). The zero-order valence-corrected chi connectivity index (χ0v) is 40.3. The molecule has 12 aromatic rings. The lowest BCUT2D eigenvalue weighted by Gasteiger charge is -2.35. The number of nitrogens with zero attached hydrogens (tertiary/aromatic N) is 2. The third-order valence-corrected chi connectivity index (χ3v) is 15.9. The molecule has 340 valence electrons. The molecule has 2 aliphatic rings. The van der Waals surface area contributed by atoms with E-state index in [1.165, 1.54) is 105 Å². The van der Waals surface area contributed by atoms with E-state index in [0.29, 0.717) is 0 Å². The average molecular weight is 919 g/mol. The second-order valence-corrected chi connectivity index (χ2v) is 20.0. The van der Waals surface area contributed by atoms with Crippen LogP contribution < -0.4 is 4.90 Å². The highest BCUT2D eigenvalue weighted by Gasteiger charge is 2.48. The highest BCUT2D eigenvalue weighted by molar-refractivity contribution is 6.10. The van der Waals surface area contributed by atoms with E-state index >= 15 is 0 Å². The van der Waals surface area contributed by atoms with Crippen LogP contribution in [0.1, 0.15) is 47.2 Å². The van der Waals surface area contributed by atoms with Gasteiger partial charge >= 0.3 is 0 Å². The van der Waals surface area contributed by atoms with Gasteiger partial charge in [0.1, 0.15) is 0 Å². The van der Waals surface area contributed by atoms with Crippen molar-refractivity contribution in [3.05, 3.63) is 300 Å². The van der Waals surface area contributed by atoms with Gasteiger partial charge in [-0.3, -0.25) is 0 Å². The van der Waals surface area contributed by atoms with E-state index in [4.69, 9.17) is 0 Å². The van der Waals surface area contributed by atoms with Crippen LogP contribution in [-0.2, 0) is 10.8 Å². The molecule has 0 amide bonds. The van der Waals surface area contributed by atoms with Gasteiger partial charge in [0.05, 0.1) is 22.1 Å². The smallest absolute Gasteiger partial charge is 0.0715 e. The standard InChI is InChI=1S/C70H50N2/c1-69(2)61-31-15-12-28-56(61)57-42-40-54(45-63(57)69)71(53-38-36-48(37-39-53)50-23-18-22-49(44-50)47-20-6-3-7-21-47)55-41-43-60-64(46-55)70(51-24-8-4-9-25-51,52-26-10-5-11-27-52)62-32-19-35-67(68(60)62)72-65-33-16-13-29-58(65)59-30-14-17-34-66(59)72/h3-46H,1-2H3. The van der Waals surface area contributed by atoms with Crippen molar-refractivity contribution >= 4 is 38.9 Å². The van der Waals surface area contributed by atoms with E-state index in [1.54, 1.807) is 0 Å². The predicted molar refractivity (Wildman–Crippen MR) is 301 cm³/mol. The summed E-state index contributed by atoms with van der Waals surface area (Å²) in [5.74, 6) is 0. The lowest BCUT2D eigenvalue weighted by atomic mass is 9.67. The van der Waals surface area contributed by atoms with Crippen molar-refractivity contribution in [1.82, 2.24) is 4.57 Å². The third-order valence-electron chi connectivity index (χ3n) is 15.9. The predicted octanol–water partition coefficient (Wildman–Crippen LogP) is 18.3. The van der Waals surface area contributed by atoms with Gasteiger partial charge in [0.15, 0.2) is 0 Å². The van der Waals surface area contributed by atoms with Gasteiger partial charge in [-0.2, -0.15) is 0 Å². The van der Waals surface area contributed by atoms with Crippen LogP contribution in [0, 0.1) is 0 Å². The Hall–Kier alpha value is -8.98. The van der Waals surface area contributed by atoms with Gasteiger partial charge < -0.3 is 9.47 Å². The van der Waals surface area contributed by atoms with E-state index in [9.17, 15) is 0 Å². The summed E-state index contributed by atoms with van der Waals surface area (Å²) >= 11 is 0. The molecule has 0 spiro atoms. The fourth-order valence-corrected chi connectivity index (χ4v) is 12.6. The molecule has 1 aromatic heterocycles. The molecule has 0 N–H and O–H groups in total. The summed E-state index contributed by atoms with van der Waals surface area (Å²) in [4.78, 5) is 2.49. The molecule has 2 nitrogen and oxygen atoms in total. The molecular weight excluding hydrogens is 869 g/mol. The fourth-order valence-electron chi connectivity index (χ4n) is 12.6. The Labute approximate surface area is 421 Å². The lowest BCUT2D eigenvalue weighted by Crippen LogP contribution is -2.28. The van der Waals surface area contributed by atoms with Crippen LogP contribution in [0.3, 0.4) is 0 Å². The second-order valence-electron chi connectivity index (χ2n) is 20.0. The summed E-state index contributed by atoms with van der Waals surface area (Å²) in [5, 5.41) is 2.51. The van der Waals surface area contributed by atoms with E-state index < -0.39 is 5.41 Å². The number of rotatable bonds is 8. The third kappa shape index (κ3) is 6.22. The number of hydrogen-bond donors (Lipinski definition) is 0. The molecule has 2 aliphatic carbocycles. The first-order valence-electron chi connectivity index (χ1n) is 25.2. The maximum atomic E-state index is 2.51. The number of para-hydroxylation sites is 2. The molecule has 0 saturated carbocycles. The molecular formula is C70H50N2. The minimum absolute atomic E-state index is 0.167. The summed E-state index contributed by atoms with van der Waals surface area (Å²) in [7, 11) is 0. The van der Waals surface area contributed by atoms with Crippen molar-refractivity contribution in [1.29, 1.82) is 0 Å². The number of anilines is 3. The van der Waals surface area contributed by atoms with Gasteiger partial charge in [-0.15, -0.1) is 0 Å². The molecule has 0 atom stereocenters. The summed E-state index contributed by atoms with van der Waals surface area (Å²) in [6, 6.07) is 99.2. The van der Waals surface area contributed by atoms with E-state index in [2.05, 4.69) is 290 Å². The normalized spacial score (nSPS) is 13.6. The molecule has 0 bridgehead atoms. The number of benzene rings is 11. The highest BCUT2D eigenvalue weighted by atomic mass is 15.1. The van der Waals surface area contributed by atoms with Gasteiger partial charge in [-0.25, -0.2) is 0 Å². The van der Waals surface area contributed by atoms with Crippen LogP contribution in [0.15, 0.2) is 267 Å². The van der Waals surface area contributed by atoms with Crippen LogP contribution in [0.2, 0.25) is 0 Å². The summed E-state index contributed by atoms with van der Waals surface area (Å²) in [5.41, 5.74) is 23.7. The first kappa shape index (κ1) is 41.9. The van der Waals surface area contributed by atoms with E-state index in [-0.39, 0.29) is 5.41 Å². The minimum atomic E-state index is -0.640. The maximum Gasteiger partial charge on any atom is 0.0715 e. The molecule has 0 unspecified atom stereocenters. The Morgan fingerprint density at radius 3 is 1.44 bits per heavy atom. The number of hydrogen-bond acceptors (Lipinski definition) is 1. The van der Waals surface area contributed by atoms with Gasteiger partial charge in [0.25, 0.3) is 0 Å². The Morgan fingerprint density at radius 1 is 0.319 bits per heavy atom. The summed E-state index contributed by atoms with van der Waals surface area (Å²) in [6.45, 7) is 4.75. The molecule has 0 radical (unpaired) electrons. The van der Waals surface area contributed by atoms with E-state index in [1.807, 2.05) is 0 Å².